The first-order valence-electron chi connectivity index (χ1n) is 11.0. The summed E-state index contributed by atoms with van der Waals surface area (Å²) in [6.07, 6.45) is 1.49. The summed E-state index contributed by atoms with van der Waals surface area (Å²) in [5.41, 5.74) is 1.31. The lowest BCUT2D eigenvalue weighted by Gasteiger charge is -2.31. The molecule has 0 atom stereocenters. The molecule has 0 aliphatic carbocycles. The number of hydrogen-bond donors (Lipinski definition) is 3. The van der Waals surface area contributed by atoms with Gasteiger partial charge < -0.3 is 20.9 Å². The van der Waals surface area contributed by atoms with Crippen molar-refractivity contribution in [2.45, 2.75) is 25.8 Å². The number of nitrogens with one attached hydrogen (secondary N) is 3. The van der Waals surface area contributed by atoms with Crippen LogP contribution in [0, 0.1) is 17.6 Å². The van der Waals surface area contributed by atoms with E-state index in [4.69, 9.17) is 0 Å². The SMILES string of the molecule is O=C(NCC(=O)N1CCC(C(=O)NCCc2ccccc2F)CC1)NCc1ccc(F)cc1. The average Bonchev–Trinajstić information content (AvgIpc) is 2.83. The van der Waals surface area contributed by atoms with Gasteiger partial charge in [-0.15, -0.1) is 0 Å². The molecule has 9 heteroatoms. The molecular weight excluding hydrogens is 430 g/mol. The van der Waals surface area contributed by atoms with Crippen LogP contribution in [0.25, 0.3) is 0 Å². The molecule has 1 aliphatic rings. The Hall–Kier alpha value is -3.49. The minimum atomic E-state index is -0.489. The molecule has 33 heavy (non-hydrogen) atoms. The Morgan fingerprint density at radius 3 is 2.30 bits per heavy atom. The zero-order chi connectivity index (χ0) is 23.6. The zero-order valence-electron chi connectivity index (χ0n) is 18.3. The molecule has 1 heterocycles. The number of likely N-dealkylation sites (tertiary alicyclic amines) is 1. The highest BCUT2D eigenvalue weighted by Crippen LogP contribution is 2.17. The average molecular weight is 459 g/mol. The number of carbonyl (C=O) groups is 3. The van der Waals surface area contributed by atoms with E-state index in [1.807, 2.05) is 0 Å². The second-order valence-electron chi connectivity index (χ2n) is 7.95. The van der Waals surface area contributed by atoms with Gasteiger partial charge in [-0.05, 0) is 48.6 Å². The van der Waals surface area contributed by atoms with Gasteiger partial charge in [-0.25, -0.2) is 13.6 Å². The Morgan fingerprint density at radius 1 is 0.909 bits per heavy atom. The summed E-state index contributed by atoms with van der Waals surface area (Å²) in [6, 6.07) is 11.8. The quantitative estimate of drug-likeness (QED) is 0.567. The molecule has 0 radical (unpaired) electrons. The Balaban J connectivity index is 1.31. The van der Waals surface area contributed by atoms with Crippen molar-refractivity contribution in [2.75, 3.05) is 26.2 Å². The van der Waals surface area contributed by atoms with E-state index in [-0.39, 0.29) is 42.5 Å². The lowest BCUT2D eigenvalue weighted by Crippen LogP contribution is -2.47. The van der Waals surface area contributed by atoms with Gasteiger partial charge in [-0.3, -0.25) is 9.59 Å². The summed E-state index contributed by atoms with van der Waals surface area (Å²) in [5, 5.41) is 7.98. The van der Waals surface area contributed by atoms with Gasteiger partial charge in [0.25, 0.3) is 0 Å². The molecule has 3 N–H and O–H groups in total. The molecule has 0 spiro atoms. The zero-order valence-corrected chi connectivity index (χ0v) is 18.3. The van der Waals surface area contributed by atoms with Crippen LogP contribution in [0.2, 0.25) is 0 Å². The number of halogens is 2. The molecule has 2 aromatic carbocycles. The number of carbonyl (C=O) groups excluding carboxylic acids is 3. The van der Waals surface area contributed by atoms with Gasteiger partial charge in [0.15, 0.2) is 0 Å². The Morgan fingerprint density at radius 2 is 1.61 bits per heavy atom. The molecule has 0 saturated carbocycles. The van der Waals surface area contributed by atoms with Crippen molar-refractivity contribution in [3.05, 3.63) is 71.3 Å². The van der Waals surface area contributed by atoms with Crippen LogP contribution in [0.3, 0.4) is 0 Å². The lowest BCUT2D eigenvalue weighted by atomic mass is 9.95. The standard InChI is InChI=1S/C24H28F2N4O3/c25-20-7-5-17(6-8-20)15-28-24(33)29-16-22(31)30-13-10-19(11-14-30)23(32)27-12-9-18-3-1-2-4-21(18)26/h1-8,19H,9-16H2,(H,27,32)(H2,28,29,33). The first-order chi connectivity index (χ1) is 15.9. The van der Waals surface area contributed by atoms with Crippen LogP contribution in [0.15, 0.2) is 48.5 Å². The molecule has 4 amide bonds. The van der Waals surface area contributed by atoms with Gasteiger partial charge in [-0.2, -0.15) is 0 Å². The van der Waals surface area contributed by atoms with Gasteiger partial charge in [0, 0.05) is 32.1 Å². The third-order valence-electron chi connectivity index (χ3n) is 5.64. The van der Waals surface area contributed by atoms with E-state index in [9.17, 15) is 23.2 Å². The normalized spacial score (nSPS) is 13.9. The molecular formula is C24H28F2N4O3. The third kappa shape index (κ3) is 7.55. The lowest BCUT2D eigenvalue weighted by molar-refractivity contribution is -0.134. The van der Waals surface area contributed by atoms with E-state index in [1.54, 1.807) is 35.2 Å². The monoisotopic (exact) mass is 458 g/mol. The van der Waals surface area contributed by atoms with Crippen molar-refractivity contribution >= 4 is 17.8 Å². The fourth-order valence-electron chi connectivity index (χ4n) is 3.67. The summed E-state index contributed by atoms with van der Waals surface area (Å²) >= 11 is 0. The number of urea groups is 1. The Bertz CT molecular complexity index is 960. The second kappa shape index (κ2) is 11.9. The molecule has 2 aromatic rings. The predicted molar refractivity (Wildman–Crippen MR) is 119 cm³/mol. The summed E-state index contributed by atoms with van der Waals surface area (Å²) in [7, 11) is 0. The summed E-state index contributed by atoms with van der Waals surface area (Å²) < 4.78 is 26.5. The van der Waals surface area contributed by atoms with Crippen LogP contribution in [-0.4, -0.2) is 48.9 Å². The van der Waals surface area contributed by atoms with E-state index >= 15 is 0 Å². The van der Waals surface area contributed by atoms with Gasteiger partial charge in [0.1, 0.15) is 11.6 Å². The summed E-state index contributed by atoms with van der Waals surface area (Å²) in [6.45, 7) is 1.30. The Labute approximate surface area is 191 Å². The van der Waals surface area contributed by atoms with E-state index in [0.29, 0.717) is 44.5 Å². The number of nitrogens with zero attached hydrogens (tertiary/aromatic N) is 1. The maximum absolute atomic E-state index is 13.6. The van der Waals surface area contributed by atoms with Gasteiger partial charge in [0.05, 0.1) is 6.54 Å². The first kappa shape index (κ1) is 24.2. The van der Waals surface area contributed by atoms with Gasteiger partial charge in [0.2, 0.25) is 11.8 Å². The van der Waals surface area contributed by atoms with Crippen LogP contribution < -0.4 is 16.0 Å². The van der Waals surface area contributed by atoms with E-state index in [1.165, 1.54) is 18.2 Å². The third-order valence-corrected chi connectivity index (χ3v) is 5.64. The fourth-order valence-corrected chi connectivity index (χ4v) is 3.67. The highest BCUT2D eigenvalue weighted by atomic mass is 19.1. The van der Waals surface area contributed by atoms with Gasteiger partial charge in [-0.1, -0.05) is 30.3 Å². The summed E-state index contributed by atoms with van der Waals surface area (Å²) in [5.74, 6) is -1.13. The molecule has 7 nitrogen and oxygen atoms in total. The molecule has 176 valence electrons. The number of rotatable bonds is 8. The molecule has 0 unspecified atom stereocenters. The largest absolute Gasteiger partial charge is 0.356 e. The smallest absolute Gasteiger partial charge is 0.315 e. The van der Waals surface area contributed by atoms with Crippen LogP contribution in [0.4, 0.5) is 13.6 Å². The molecule has 0 aromatic heterocycles. The van der Waals surface area contributed by atoms with E-state index in [2.05, 4.69) is 16.0 Å². The molecule has 1 aliphatic heterocycles. The van der Waals surface area contributed by atoms with Crippen LogP contribution in [0.1, 0.15) is 24.0 Å². The maximum atomic E-state index is 13.6. The molecule has 1 saturated heterocycles. The number of benzene rings is 2. The van der Waals surface area contributed by atoms with Crippen molar-refractivity contribution in [1.82, 2.24) is 20.9 Å². The highest BCUT2D eigenvalue weighted by Gasteiger charge is 2.27. The van der Waals surface area contributed by atoms with Crippen molar-refractivity contribution in [3.8, 4) is 0 Å². The highest BCUT2D eigenvalue weighted by molar-refractivity contribution is 5.84. The molecule has 1 fully saturated rings. The Kier molecular flexibility index (Phi) is 8.74. The second-order valence-corrected chi connectivity index (χ2v) is 7.95. The first-order valence-corrected chi connectivity index (χ1v) is 11.0. The van der Waals surface area contributed by atoms with Crippen molar-refractivity contribution in [2.24, 2.45) is 5.92 Å². The maximum Gasteiger partial charge on any atom is 0.315 e. The summed E-state index contributed by atoms with van der Waals surface area (Å²) in [4.78, 5) is 38.3. The predicted octanol–water partition coefficient (Wildman–Crippen LogP) is 2.36. The van der Waals surface area contributed by atoms with E-state index < -0.39 is 6.03 Å². The number of piperidine rings is 1. The van der Waals surface area contributed by atoms with Crippen molar-refractivity contribution in [1.29, 1.82) is 0 Å². The van der Waals surface area contributed by atoms with Crippen LogP contribution >= 0.6 is 0 Å². The minimum Gasteiger partial charge on any atom is -0.356 e. The number of amides is 4. The minimum absolute atomic E-state index is 0.0864. The van der Waals surface area contributed by atoms with Crippen LogP contribution in [-0.2, 0) is 22.6 Å². The van der Waals surface area contributed by atoms with E-state index in [0.717, 1.165) is 5.56 Å². The fraction of sp³-hybridized carbons (Fsp3) is 0.375. The molecule has 3 rings (SSSR count). The topological polar surface area (TPSA) is 90.5 Å². The molecule has 0 bridgehead atoms. The van der Waals surface area contributed by atoms with Crippen LogP contribution in [0.5, 0.6) is 0 Å². The van der Waals surface area contributed by atoms with Crippen molar-refractivity contribution < 1.29 is 23.2 Å². The van der Waals surface area contributed by atoms with Gasteiger partial charge >= 0.3 is 6.03 Å². The van der Waals surface area contributed by atoms with Crippen molar-refractivity contribution in [3.63, 3.8) is 0 Å². The number of hydrogen-bond acceptors (Lipinski definition) is 3.